The largest absolute Gasteiger partial charge is 0.485 e. The quantitative estimate of drug-likeness (QED) is 0.676. The Morgan fingerprint density at radius 1 is 1.04 bits per heavy atom. The highest BCUT2D eigenvalue weighted by atomic mass is 16.6. The van der Waals surface area contributed by atoms with Crippen LogP contribution in [-0.4, -0.2) is 28.9 Å². The van der Waals surface area contributed by atoms with Gasteiger partial charge in [0, 0.05) is 5.56 Å². The normalized spacial score (nSPS) is 15.6. The summed E-state index contributed by atoms with van der Waals surface area (Å²) in [7, 11) is 0. The second kappa shape index (κ2) is 6.64. The molecule has 0 saturated heterocycles. The highest BCUT2D eigenvalue weighted by Gasteiger charge is 2.29. The third kappa shape index (κ3) is 3.30. The first-order chi connectivity index (χ1) is 12.3. The maximum Gasteiger partial charge on any atom is 0.351 e. The minimum Gasteiger partial charge on any atom is -0.485 e. The zero-order valence-electron chi connectivity index (χ0n) is 13.1. The van der Waals surface area contributed by atoms with Crippen LogP contribution in [0.25, 0.3) is 11.5 Å². The van der Waals surface area contributed by atoms with E-state index in [-0.39, 0.29) is 19.1 Å². The van der Waals surface area contributed by atoms with E-state index in [1.165, 1.54) is 0 Å². The number of aromatic nitrogens is 2. The molecule has 7 nitrogen and oxygen atoms in total. The Morgan fingerprint density at radius 3 is 2.64 bits per heavy atom. The Bertz CT molecular complexity index is 878. The van der Waals surface area contributed by atoms with Gasteiger partial charge in [0.25, 0.3) is 5.89 Å². The molecule has 25 heavy (non-hydrogen) atoms. The van der Waals surface area contributed by atoms with Crippen molar-refractivity contribution in [1.82, 2.24) is 10.2 Å². The van der Waals surface area contributed by atoms with Crippen molar-refractivity contribution in [3.63, 3.8) is 0 Å². The van der Waals surface area contributed by atoms with Gasteiger partial charge in [0.15, 0.2) is 18.1 Å². The van der Waals surface area contributed by atoms with Crippen molar-refractivity contribution in [3.8, 4) is 23.0 Å². The van der Waals surface area contributed by atoms with Crippen LogP contribution >= 0.6 is 0 Å². The zero-order valence-corrected chi connectivity index (χ0v) is 13.1. The fraction of sp³-hybridized carbons (Fsp3) is 0.167. The minimum atomic E-state index is -0.827. The molecule has 1 atom stereocenters. The SMILES string of the molecule is O=C(OCc1nnc(-c2ccccc2)o1)C1COc2ccccc2O1. The number of carbonyl (C=O) groups excluding carboxylic acids is 1. The van der Waals surface area contributed by atoms with Crippen LogP contribution in [0.5, 0.6) is 11.5 Å². The molecule has 126 valence electrons. The van der Waals surface area contributed by atoms with E-state index in [2.05, 4.69) is 10.2 Å². The van der Waals surface area contributed by atoms with Crippen LogP contribution in [-0.2, 0) is 16.1 Å². The van der Waals surface area contributed by atoms with Crippen molar-refractivity contribution >= 4 is 5.97 Å². The van der Waals surface area contributed by atoms with Gasteiger partial charge in [-0.25, -0.2) is 4.79 Å². The van der Waals surface area contributed by atoms with Crippen molar-refractivity contribution in [3.05, 3.63) is 60.5 Å². The van der Waals surface area contributed by atoms with Crippen molar-refractivity contribution in [2.45, 2.75) is 12.7 Å². The fourth-order valence-corrected chi connectivity index (χ4v) is 2.37. The van der Waals surface area contributed by atoms with Crippen molar-refractivity contribution in [2.24, 2.45) is 0 Å². The second-order valence-electron chi connectivity index (χ2n) is 5.34. The van der Waals surface area contributed by atoms with Crippen LogP contribution in [0, 0.1) is 0 Å². The number of esters is 1. The van der Waals surface area contributed by atoms with E-state index in [1.54, 1.807) is 18.2 Å². The molecule has 2 heterocycles. The predicted molar refractivity (Wildman–Crippen MR) is 85.9 cm³/mol. The van der Waals surface area contributed by atoms with Gasteiger partial charge in [-0.15, -0.1) is 10.2 Å². The van der Waals surface area contributed by atoms with E-state index in [0.29, 0.717) is 17.4 Å². The van der Waals surface area contributed by atoms with Crippen molar-refractivity contribution in [2.75, 3.05) is 6.61 Å². The van der Waals surface area contributed by atoms with Crippen LogP contribution < -0.4 is 9.47 Å². The molecule has 0 radical (unpaired) electrons. The molecule has 4 rings (SSSR count). The maximum absolute atomic E-state index is 12.1. The monoisotopic (exact) mass is 338 g/mol. The summed E-state index contributed by atoms with van der Waals surface area (Å²) in [5.41, 5.74) is 0.799. The third-order valence-electron chi connectivity index (χ3n) is 3.60. The summed E-state index contributed by atoms with van der Waals surface area (Å²) in [5, 5.41) is 7.82. The molecule has 0 bridgehead atoms. The van der Waals surface area contributed by atoms with Gasteiger partial charge in [-0.05, 0) is 24.3 Å². The number of hydrogen-bond donors (Lipinski definition) is 0. The number of hydrogen-bond acceptors (Lipinski definition) is 7. The lowest BCUT2D eigenvalue weighted by Gasteiger charge is -2.24. The van der Waals surface area contributed by atoms with E-state index in [1.807, 2.05) is 36.4 Å². The first kappa shape index (κ1) is 15.2. The van der Waals surface area contributed by atoms with Crippen molar-refractivity contribution < 1.29 is 23.4 Å². The molecule has 0 fully saturated rings. The number of para-hydroxylation sites is 2. The summed E-state index contributed by atoms with van der Waals surface area (Å²) in [6, 6.07) is 16.5. The Morgan fingerprint density at radius 2 is 1.80 bits per heavy atom. The van der Waals surface area contributed by atoms with Gasteiger partial charge in [0.2, 0.25) is 12.0 Å². The highest BCUT2D eigenvalue weighted by molar-refractivity contribution is 5.75. The molecule has 1 aliphatic rings. The number of carbonyl (C=O) groups is 1. The Balaban J connectivity index is 1.36. The third-order valence-corrected chi connectivity index (χ3v) is 3.60. The van der Waals surface area contributed by atoms with Crippen molar-refractivity contribution in [1.29, 1.82) is 0 Å². The molecule has 7 heteroatoms. The molecule has 0 spiro atoms. The minimum absolute atomic E-state index is 0.0922. The summed E-state index contributed by atoms with van der Waals surface area (Å²) in [6.07, 6.45) is -0.827. The van der Waals surface area contributed by atoms with Crippen LogP contribution in [0.4, 0.5) is 0 Å². The van der Waals surface area contributed by atoms with Gasteiger partial charge in [-0.3, -0.25) is 0 Å². The molecule has 0 saturated carbocycles. The van der Waals surface area contributed by atoms with Gasteiger partial charge in [-0.2, -0.15) is 0 Å². The lowest BCUT2D eigenvalue weighted by atomic mass is 10.2. The lowest BCUT2D eigenvalue weighted by molar-refractivity contribution is -0.156. The van der Waals surface area contributed by atoms with Crippen LogP contribution in [0.2, 0.25) is 0 Å². The maximum atomic E-state index is 12.1. The average Bonchev–Trinajstić information content (AvgIpc) is 3.15. The van der Waals surface area contributed by atoms with Crippen LogP contribution in [0.1, 0.15) is 5.89 Å². The molecule has 0 aliphatic carbocycles. The molecular weight excluding hydrogens is 324 g/mol. The zero-order chi connectivity index (χ0) is 17.1. The molecule has 0 amide bonds. The predicted octanol–water partition coefficient (Wildman–Crippen LogP) is 2.62. The number of nitrogens with zero attached hydrogens (tertiary/aromatic N) is 2. The number of rotatable bonds is 4. The average molecular weight is 338 g/mol. The summed E-state index contributed by atoms with van der Waals surface area (Å²) in [6.45, 7) is -0.0326. The van der Waals surface area contributed by atoms with Crippen LogP contribution in [0.15, 0.2) is 59.0 Å². The first-order valence-corrected chi connectivity index (χ1v) is 7.72. The van der Waals surface area contributed by atoms with Gasteiger partial charge in [-0.1, -0.05) is 30.3 Å². The topological polar surface area (TPSA) is 83.7 Å². The van der Waals surface area contributed by atoms with E-state index in [4.69, 9.17) is 18.6 Å². The Labute approximate surface area is 143 Å². The summed E-state index contributed by atoms with van der Waals surface area (Å²) < 4.78 is 21.8. The standard InChI is InChI=1S/C18H14N2O5/c21-18(15-10-22-13-8-4-5-9-14(13)24-15)23-11-16-19-20-17(25-16)12-6-2-1-3-7-12/h1-9,15H,10-11H2. The molecule has 1 aliphatic heterocycles. The molecule has 1 aromatic heterocycles. The Hall–Kier alpha value is -3.35. The molecule has 3 aromatic rings. The van der Waals surface area contributed by atoms with Gasteiger partial charge in [0.1, 0.15) is 6.61 Å². The van der Waals surface area contributed by atoms with E-state index in [9.17, 15) is 4.79 Å². The Kier molecular flexibility index (Phi) is 4.04. The summed E-state index contributed by atoms with van der Waals surface area (Å²) in [4.78, 5) is 12.1. The van der Waals surface area contributed by atoms with Gasteiger partial charge >= 0.3 is 5.97 Å². The lowest BCUT2D eigenvalue weighted by Crippen LogP contribution is -2.37. The number of fused-ring (bicyclic) bond motifs is 1. The van der Waals surface area contributed by atoms with E-state index >= 15 is 0 Å². The summed E-state index contributed by atoms with van der Waals surface area (Å²) >= 11 is 0. The molecule has 1 unspecified atom stereocenters. The van der Waals surface area contributed by atoms with Gasteiger partial charge in [0.05, 0.1) is 0 Å². The molecule has 2 aromatic carbocycles. The highest BCUT2D eigenvalue weighted by Crippen LogP contribution is 2.31. The second-order valence-corrected chi connectivity index (χ2v) is 5.34. The number of ether oxygens (including phenoxy) is 3. The smallest absolute Gasteiger partial charge is 0.351 e. The molecule has 0 N–H and O–H groups in total. The molecular formula is C18H14N2O5. The van der Waals surface area contributed by atoms with Gasteiger partial charge < -0.3 is 18.6 Å². The van der Waals surface area contributed by atoms with Crippen LogP contribution in [0.3, 0.4) is 0 Å². The van der Waals surface area contributed by atoms with E-state index in [0.717, 1.165) is 5.56 Å². The number of benzene rings is 2. The first-order valence-electron chi connectivity index (χ1n) is 7.72. The fourth-order valence-electron chi connectivity index (χ4n) is 2.37. The van der Waals surface area contributed by atoms with E-state index < -0.39 is 12.1 Å². The summed E-state index contributed by atoms with van der Waals surface area (Å²) in [5.74, 6) is 1.16.